The number of hydrogen-bond donors (Lipinski definition) is 1. The van der Waals surface area contributed by atoms with E-state index in [1.807, 2.05) is 0 Å². The molecule has 0 aromatic carbocycles. The minimum atomic E-state index is -0.0896. The van der Waals surface area contributed by atoms with Gasteiger partial charge in [0.1, 0.15) is 0 Å². The largest absolute Gasteiger partial charge is 0.374 e. The van der Waals surface area contributed by atoms with Crippen LogP contribution >= 0.6 is 0 Å². The Balaban J connectivity index is 2.40. The quantitative estimate of drug-likeness (QED) is 0.703. The molecular weight excluding hydrogens is 174 g/mol. The first-order chi connectivity index (χ1) is 6.54. The van der Waals surface area contributed by atoms with Crippen LogP contribution in [0.3, 0.4) is 0 Å². The third-order valence-electron chi connectivity index (χ3n) is 3.17. The Hall–Kier alpha value is -0.340. The van der Waals surface area contributed by atoms with Crippen molar-refractivity contribution in [2.24, 2.45) is 5.73 Å². The summed E-state index contributed by atoms with van der Waals surface area (Å²) < 4.78 is 5.80. The van der Waals surface area contributed by atoms with Gasteiger partial charge in [0.2, 0.25) is 0 Å². The van der Waals surface area contributed by atoms with Crippen LogP contribution in [-0.2, 0) is 4.74 Å². The summed E-state index contributed by atoms with van der Waals surface area (Å²) in [5.74, 6) is 0. The van der Waals surface area contributed by atoms with Crippen molar-refractivity contribution in [2.75, 3.05) is 6.61 Å². The van der Waals surface area contributed by atoms with E-state index in [2.05, 4.69) is 20.4 Å². The van der Waals surface area contributed by atoms with E-state index in [-0.39, 0.29) is 11.6 Å². The summed E-state index contributed by atoms with van der Waals surface area (Å²) >= 11 is 0. The molecule has 0 radical (unpaired) electrons. The molecule has 2 unspecified atom stereocenters. The fourth-order valence-electron chi connectivity index (χ4n) is 1.96. The zero-order valence-corrected chi connectivity index (χ0v) is 9.51. The van der Waals surface area contributed by atoms with Crippen molar-refractivity contribution in [3.63, 3.8) is 0 Å². The van der Waals surface area contributed by atoms with Gasteiger partial charge in [-0.2, -0.15) is 0 Å². The van der Waals surface area contributed by atoms with Crippen molar-refractivity contribution in [1.82, 2.24) is 0 Å². The molecule has 1 rings (SSSR count). The highest BCUT2D eigenvalue weighted by molar-refractivity contribution is 4.94. The molecule has 1 aliphatic heterocycles. The van der Waals surface area contributed by atoms with Crippen molar-refractivity contribution < 1.29 is 4.74 Å². The van der Waals surface area contributed by atoms with E-state index >= 15 is 0 Å². The maximum Gasteiger partial charge on any atom is 0.0804 e. The third-order valence-corrected chi connectivity index (χ3v) is 3.17. The highest BCUT2D eigenvalue weighted by atomic mass is 16.5. The minimum Gasteiger partial charge on any atom is -0.374 e. The van der Waals surface area contributed by atoms with E-state index in [0.29, 0.717) is 0 Å². The standard InChI is InChI=1S/C12H23NO/c1-10(2)6-7-11(13)12(3)8-4-5-9-14-12/h11H,1,4-9,13H2,2-3H3. The van der Waals surface area contributed by atoms with Gasteiger partial charge < -0.3 is 10.5 Å². The Bertz CT molecular complexity index is 194. The average molecular weight is 197 g/mol. The Morgan fingerprint density at radius 2 is 2.29 bits per heavy atom. The maximum atomic E-state index is 6.16. The second-order valence-electron chi connectivity index (χ2n) is 4.72. The van der Waals surface area contributed by atoms with Crippen molar-refractivity contribution in [3.8, 4) is 0 Å². The second-order valence-corrected chi connectivity index (χ2v) is 4.72. The van der Waals surface area contributed by atoms with Crippen LogP contribution in [0.15, 0.2) is 12.2 Å². The van der Waals surface area contributed by atoms with Gasteiger partial charge in [-0.1, -0.05) is 5.57 Å². The lowest BCUT2D eigenvalue weighted by Crippen LogP contribution is -2.49. The van der Waals surface area contributed by atoms with Gasteiger partial charge in [0.25, 0.3) is 0 Å². The number of hydrogen-bond acceptors (Lipinski definition) is 2. The number of allylic oxidation sites excluding steroid dienone is 1. The number of ether oxygens (including phenoxy) is 1. The van der Waals surface area contributed by atoms with Gasteiger partial charge in [-0.05, 0) is 46.0 Å². The first-order valence-electron chi connectivity index (χ1n) is 5.58. The Labute approximate surface area is 87.5 Å². The van der Waals surface area contributed by atoms with Gasteiger partial charge >= 0.3 is 0 Å². The molecule has 0 amide bonds. The molecule has 1 heterocycles. The smallest absolute Gasteiger partial charge is 0.0804 e. The van der Waals surface area contributed by atoms with Crippen LogP contribution in [0, 0.1) is 0 Å². The van der Waals surface area contributed by atoms with E-state index < -0.39 is 0 Å². The van der Waals surface area contributed by atoms with Gasteiger partial charge in [0.15, 0.2) is 0 Å². The van der Waals surface area contributed by atoms with Crippen LogP contribution in [0.2, 0.25) is 0 Å². The van der Waals surface area contributed by atoms with Gasteiger partial charge in [-0.25, -0.2) is 0 Å². The monoisotopic (exact) mass is 197 g/mol. The molecule has 1 aliphatic rings. The van der Waals surface area contributed by atoms with Crippen LogP contribution in [-0.4, -0.2) is 18.2 Å². The van der Waals surface area contributed by atoms with Crippen molar-refractivity contribution in [1.29, 1.82) is 0 Å². The highest BCUT2D eigenvalue weighted by Gasteiger charge is 2.33. The summed E-state index contributed by atoms with van der Waals surface area (Å²) in [6, 6.07) is 0.152. The Morgan fingerprint density at radius 1 is 1.57 bits per heavy atom. The summed E-state index contributed by atoms with van der Waals surface area (Å²) in [6.07, 6.45) is 5.54. The fourth-order valence-corrected chi connectivity index (χ4v) is 1.96. The lowest BCUT2D eigenvalue weighted by atomic mass is 9.86. The molecule has 14 heavy (non-hydrogen) atoms. The molecule has 2 nitrogen and oxygen atoms in total. The van der Waals surface area contributed by atoms with E-state index in [1.54, 1.807) is 0 Å². The van der Waals surface area contributed by atoms with E-state index in [4.69, 9.17) is 10.5 Å². The molecule has 0 saturated carbocycles. The molecule has 0 aromatic heterocycles. The normalized spacial score (nSPS) is 29.9. The molecule has 2 atom stereocenters. The van der Waals surface area contributed by atoms with Crippen molar-refractivity contribution >= 4 is 0 Å². The van der Waals surface area contributed by atoms with Gasteiger partial charge in [-0.15, -0.1) is 6.58 Å². The summed E-state index contributed by atoms with van der Waals surface area (Å²) in [5, 5.41) is 0. The topological polar surface area (TPSA) is 35.2 Å². The maximum absolute atomic E-state index is 6.16. The first kappa shape index (κ1) is 11.7. The van der Waals surface area contributed by atoms with Crippen LogP contribution in [0.5, 0.6) is 0 Å². The van der Waals surface area contributed by atoms with Crippen molar-refractivity contribution in [3.05, 3.63) is 12.2 Å². The summed E-state index contributed by atoms with van der Waals surface area (Å²) in [5.41, 5.74) is 7.28. The van der Waals surface area contributed by atoms with Crippen LogP contribution in [0.25, 0.3) is 0 Å². The molecule has 1 saturated heterocycles. The average Bonchev–Trinajstić information content (AvgIpc) is 2.15. The molecule has 0 bridgehead atoms. The van der Waals surface area contributed by atoms with E-state index in [1.165, 1.54) is 18.4 Å². The van der Waals surface area contributed by atoms with Crippen molar-refractivity contribution in [2.45, 2.75) is 57.6 Å². The fraction of sp³-hybridized carbons (Fsp3) is 0.833. The minimum absolute atomic E-state index is 0.0896. The number of rotatable bonds is 4. The van der Waals surface area contributed by atoms with Crippen LogP contribution in [0.4, 0.5) is 0 Å². The Kier molecular flexibility index (Phi) is 4.14. The van der Waals surface area contributed by atoms with Gasteiger partial charge in [-0.3, -0.25) is 0 Å². The molecule has 0 spiro atoms. The second kappa shape index (κ2) is 4.94. The van der Waals surface area contributed by atoms with Crippen LogP contribution in [0.1, 0.15) is 46.0 Å². The predicted octanol–water partition coefficient (Wildman–Crippen LogP) is 2.63. The molecule has 2 heteroatoms. The number of nitrogens with two attached hydrogens (primary N) is 1. The lowest BCUT2D eigenvalue weighted by molar-refractivity contribution is -0.0822. The first-order valence-corrected chi connectivity index (χ1v) is 5.58. The zero-order chi connectivity index (χ0) is 10.6. The molecule has 0 aliphatic carbocycles. The molecule has 0 aromatic rings. The molecule has 1 fully saturated rings. The molecule has 2 N–H and O–H groups in total. The van der Waals surface area contributed by atoms with Gasteiger partial charge in [0.05, 0.1) is 5.60 Å². The zero-order valence-electron chi connectivity index (χ0n) is 9.51. The SMILES string of the molecule is C=C(C)CCC(N)C1(C)CCCCO1. The highest BCUT2D eigenvalue weighted by Crippen LogP contribution is 2.29. The molecule has 82 valence electrons. The predicted molar refractivity (Wildman–Crippen MR) is 60.2 cm³/mol. The summed E-state index contributed by atoms with van der Waals surface area (Å²) in [6.45, 7) is 8.97. The van der Waals surface area contributed by atoms with Crippen LogP contribution < -0.4 is 5.73 Å². The third kappa shape index (κ3) is 3.10. The summed E-state index contributed by atoms with van der Waals surface area (Å²) in [4.78, 5) is 0. The van der Waals surface area contributed by atoms with E-state index in [0.717, 1.165) is 25.9 Å². The Morgan fingerprint density at radius 3 is 2.79 bits per heavy atom. The van der Waals surface area contributed by atoms with E-state index in [9.17, 15) is 0 Å². The summed E-state index contributed by atoms with van der Waals surface area (Å²) in [7, 11) is 0. The lowest BCUT2D eigenvalue weighted by Gasteiger charge is -2.38. The van der Waals surface area contributed by atoms with Gasteiger partial charge in [0, 0.05) is 12.6 Å². The molecular formula is C12H23NO.